The minimum atomic E-state index is 0.300. The summed E-state index contributed by atoms with van der Waals surface area (Å²) in [6.07, 6.45) is 0. The van der Waals surface area contributed by atoms with Crippen LogP contribution in [0, 0.1) is 0 Å². The van der Waals surface area contributed by atoms with Crippen LogP contribution in [0.25, 0.3) is 108 Å². The summed E-state index contributed by atoms with van der Waals surface area (Å²) in [4.78, 5) is 6.99. The van der Waals surface area contributed by atoms with E-state index in [1.54, 1.807) is 0 Å². The highest BCUT2D eigenvalue weighted by Gasteiger charge is 2.19. The third-order valence-corrected chi connectivity index (χ3v) is 14.1. The van der Waals surface area contributed by atoms with Crippen LogP contribution >= 0.6 is 0 Å². The molecule has 2 aromatic heterocycles. The summed E-state index contributed by atoms with van der Waals surface area (Å²) >= 11 is 0. The molecule has 0 aliphatic heterocycles. The maximum Gasteiger partial charge on any atom is 0.0486 e. The van der Waals surface area contributed by atoms with Crippen molar-refractivity contribution in [1.82, 2.24) is 9.97 Å². The van der Waals surface area contributed by atoms with Gasteiger partial charge in [0.2, 0.25) is 0 Å². The Morgan fingerprint density at radius 3 is 1.06 bits per heavy atom. The van der Waals surface area contributed by atoms with E-state index >= 15 is 0 Å². The van der Waals surface area contributed by atoms with Crippen molar-refractivity contribution in [3.8, 4) is 0 Å². The molecule has 14 rings (SSSR count). The highest BCUT2D eigenvalue weighted by Crippen LogP contribution is 2.42. The molecule has 2 unspecified atom stereocenters. The lowest BCUT2D eigenvalue weighted by molar-refractivity contribution is 0.909. The molecule has 2 atom stereocenters. The van der Waals surface area contributed by atoms with Crippen LogP contribution in [0.2, 0.25) is 0 Å². The third kappa shape index (κ3) is 5.86. The molecule has 12 aromatic carbocycles. The van der Waals surface area contributed by atoms with Gasteiger partial charge in [0, 0.05) is 55.4 Å². The van der Waals surface area contributed by atoms with Gasteiger partial charge in [-0.05, 0) is 111 Å². The molecule has 2 heteroatoms. The molecular formula is C62H48N2. The number of aromatic nitrogens is 2. The second kappa shape index (κ2) is 15.0. The predicted molar refractivity (Wildman–Crippen MR) is 278 cm³/mol. The van der Waals surface area contributed by atoms with Crippen LogP contribution in [0.5, 0.6) is 0 Å². The molecular weight excluding hydrogens is 773 g/mol. The van der Waals surface area contributed by atoms with Crippen molar-refractivity contribution in [2.24, 2.45) is 0 Å². The van der Waals surface area contributed by atoms with E-state index in [1.807, 2.05) is 13.8 Å². The number of benzene rings is 12. The van der Waals surface area contributed by atoms with Gasteiger partial charge in [-0.15, -0.1) is 0 Å². The Hall–Kier alpha value is -7.68. The number of aromatic amines is 2. The largest absolute Gasteiger partial charge is 0.354 e. The number of hydrogen-bond acceptors (Lipinski definition) is 0. The van der Waals surface area contributed by atoms with Gasteiger partial charge in [0.25, 0.3) is 0 Å². The van der Waals surface area contributed by atoms with Gasteiger partial charge in [0.1, 0.15) is 0 Å². The van der Waals surface area contributed by atoms with Crippen molar-refractivity contribution >= 4 is 108 Å². The normalized spacial score (nSPS) is 12.9. The first-order valence-corrected chi connectivity index (χ1v) is 22.9. The molecule has 64 heavy (non-hydrogen) atoms. The van der Waals surface area contributed by atoms with Gasteiger partial charge < -0.3 is 9.97 Å². The Morgan fingerprint density at radius 1 is 0.281 bits per heavy atom. The van der Waals surface area contributed by atoms with Crippen molar-refractivity contribution in [3.63, 3.8) is 0 Å². The molecule has 0 saturated heterocycles. The van der Waals surface area contributed by atoms with Gasteiger partial charge in [-0.1, -0.05) is 198 Å². The zero-order valence-corrected chi connectivity index (χ0v) is 36.6. The molecule has 0 bridgehead atoms. The fraction of sp³-hybridized carbons (Fsp3) is 0.0968. The molecule has 2 N–H and O–H groups in total. The molecule has 14 aromatic rings. The molecule has 306 valence electrons. The lowest BCUT2D eigenvalue weighted by atomic mass is 9.83. The van der Waals surface area contributed by atoms with E-state index in [0.717, 1.165) is 0 Å². The standard InChI is InChI=1S/C42H30.C18H12N2.C2H6/c1-25(35-21-17-33-15-13-29-5-3-7-31-19-23-37(35)41(33)39(29)31)27-9-11-28(12-10-27)26(2)36-22-18-34-16-14-30-6-4-8-32-20-24-38(36)42(34)40(30)32;1-3-7-15-11(5-1)13-9-14-12-6-2-4-8-16(12)20-18(14)10-17(13)19-15;1-2/h3-26H,1-2H3;1-10,19-20H;1-2H3. The average Bonchev–Trinajstić information content (AvgIpc) is 3.91. The van der Waals surface area contributed by atoms with Crippen molar-refractivity contribution in [2.75, 3.05) is 0 Å². The Kier molecular flexibility index (Phi) is 8.91. The van der Waals surface area contributed by atoms with Crippen molar-refractivity contribution in [1.29, 1.82) is 0 Å². The fourth-order valence-corrected chi connectivity index (χ4v) is 10.9. The first kappa shape index (κ1) is 38.0. The Balaban J connectivity index is 0.000000164. The van der Waals surface area contributed by atoms with E-state index in [1.165, 1.54) is 131 Å². The van der Waals surface area contributed by atoms with Gasteiger partial charge in [-0.2, -0.15) is 0 Å². The lowest BCUT2D eigenvalue weighted by Crippen LogP contribution is -2.01. The van der Waals surface area contributed by atoms with Crippen LogP contribution < -0.4 is 0 Å². The SMILES string of the molecule is CC.CC(c1ccc(C(C)c2ccc3ccc4cccc5ccc2c3c45)cc1)c1ccc2ccc3cccc4ccc1c2c34.c1ccc2c(c1)[nH]c1cc3[nH]c4ccccc4c3cc12. The molecule has 0 fully saturated rings. The average molecular weight is 821 g/mol. The number of H-pyrrole nitrogens is 2. The van der Waals surface area contributed by atoms with Crippen LogP contribution in [-0.4, -0.2) is 9.97 Å². The van der Waals surface area contributed by atoms with Gasteiger partial charge >= 0.3 is 0 Å². The summed E-state index contributed by atoms with van der Waals surface area (Å²) < 4.78 is 0. The summed E-state index contributed by atoms with van der Waals surface area (Å²) in [5.41, 5.74) is 10.3. The topological polar surface area (TPSA) is 31.6 Å². The minimum Gasteiger partial charge on any atom is -0.354 e. The van der Waals surface area contributed by atoms with Crippen LogP contribution in [0.1, 0.15) is 61.8 Å². The van der Waals surface area contributed by atoms with E-state index in [2.05, 4.69) is 218 Å². The molecule has 0 radical (unpaired) electrons. The van der Waals surface area contributed by atoms with E-state index in [0.29, 0.717) is 11.8 Å². The Morgan fingerprint density at radius 2 is 0.641 bits per heavy atom. The first-order chi connectivity index (χ1) is 31.6. The van der Waals surface area contributed by atoms with Gasteiger partial charge in [-0.25, -0.2) is 0 Å². The molecule has 0 aliphatic rings. The van der Waals surface area contributed by atoms with Crippen molar-refractivity contribution in [2.45, 2.75) is 39.5 Å². The number of rotatable bonds is 4. The van der Waals surface area contributed by atoms with Gasteiger partial charge in [0.15, 0.2) is 0 Å². The molecule has 0 saturated carbocycles. The van der Waals surface area contributed by atoms with Crippen molar-refractivity contribution < 1.29 is 0 Å². The predicted octanol–water partition coefficient (Wildman–Crippen LogP) is 17.8. The Labute approximate surface area is 372 Å². The van der Waals surface area contributed by atoms with Gasteiger partial charge in [0.05, 0.1) is 0 Å². The quantitative estimate of drug-likeness (QED) is 0.166. The monoisotopic (exact) mass is 820 g/mol. The van der Waals surface area contributed by atoms with Crippen LogP contribution in [0.3, 0.4) is 0 Å². The lowest BCUT2D eigenvalue weighted by Gasteiger charge is -2.21. The van der Waals surface area contributed by atoms with E-state index in [9.17, 15) is 0 Å². The maximum absolute atomic E-state index is 3.49. The third-order valence-electron chi connectivity index (χ3n) is 14.1. The second-order valence-electron chi connectivity index (χ2n) is 17.4. The molecule has 0 aliphatic carbocycles. The molecule has 0 spiro atoms. The zero-order chi connectivity index (χ0) is 43.1. The van der Waals surface area contributed by atoms with E-state index in [-0.39, 0.29) is 0 Å². The zero-order valence-electron chi connectivity index (χ0n) is 36.6. The number of hydrogen-bond donors (Lipinski definition) is 2. The van der Waals surface area contributed by atoms with E-state index in [4.69, 9.17) is 0 Å². The molecule has 2 nitrogen and oxygen atoms in total. The minimum absolute atomic E-state index is 0.300. The number of para-hydroxylation sites is 2. The molecule has 2 heterocycles. The maximum atomic E-state index is 3.49. The molecule has 0 amide bonds. The highest BCUT2D eigenvalue weighted by atomic mass is 14.7. The number of nitrogens with one attached hydrogen (secondary N) is 2. The second-order valence-corrected chi connectivity index (χ2v) is 17.4. The number of fused-ring (bicyclic) bond motifs is 6. The van der Waals surface area contributed by atoms with Crippen molar-refractivity contribution in [3.05, 3.63) is 216 Å². The summed E-state index contributed by atoms with van der Waals surface area (Å²) in [5.74, 6) is 0.599. The summed E-state index contributed by atoms with van der Waals surface area (Å²) in [6.45, 7) is 8.71. The fourth-order valence-electron chi connectivity index (χ4n) is 10.9. The van der Waals surface area contributed by atoms with Crippen LogP contribution in [-0.2, 0) is 0 Å². The summed E-state index contributed by atoms with van der Waals surface area (Å²) in [7, 11) is 0. The summed E-state index contributed by atoms with van der Waals surface area (Å²) in [6, 6.07) is 71.7. The van der Waals surface area contributed by atoms with Crippen LogP contribution in [0.4, 0.5) is 0 Å². The van der Waals surface area contributed by atoms with Crippen LogP contribution in [0.15, 0.2) is 194 Å². The first-order valence-electron chi connectivity index (χ1n) is 22.9. The highest BCUT2D eigenvalue weighted by molar-refractivity contribution is 6.25. The smallest absolute Gasteiger partial charge is 0.0486 e. The summed E-state index contributed by atoms with van der Waals surface area (Å²) in [5, 5.41) is 21.4. The van der Waals surface area contributed by atoms with E-state index < -0.39 is 0 Å². The Bertz CT molecular complexity index is 3720. The van der Waals surface area contributed by atoms with Gasteiger partial charge in [-0.3, -0.25) is 0 Å².